The molecular weight excluding hydrogens is 460 g/mol. The van der Waals surface area contributed by atoms with Crippen LogP contribution in [0.1, 0.15) is 48.5 Å². The standard InChI is InChI=1S/C26H33ClO7/c1-32-19-3-2-4-20(13-19)33-18-8-5-15(6-9-18)11-17-12-16(7-10-21(17)27)26-25(31)24(30)23(29)22(14-28)34-26/h5-10,12,19-20,22-26,28-31H,2-4,11,13-14H2,1H3/t19-,20?,22+,23+,24-,25+,26-/m0/s1. The van der Waals surface area contributed by atoms with Crippen molar-refractivity contribution in [1.82, 2.24) is 0 Å². The van der Waals surface area contributed by atoms with Gasteiger partial charge in [0.05, 0.1) is 12.7 Å². The molecule has 0 spiro atoms. The lowest BCUT2D eigenvalue weighted by molar-refractivity contribution is -0.231. The van der Waals surface area contributed by atoms with Gasteiger partial charge in [0.2, 0.25) is 0 Å². The van der Waals surface area contributed by atoms with Crippen molar-refractivity contribution in [2.45, 2.75) is 74.8 Å². The Balaban J connectivity index is 1.44. The van der Waals surface area contributed by atoms with E-state index in [4.69, 9.17) is 25.8 Å². The molecule has 2 aliphatic rings. The average Bonchev–Trinajstić information content (AvgIpc) is 2.85. The molecular formula is C26H33ClO7. The zero-order chi connectivity index (χ0) is 24.2. The third-order valence-corrected chi connectivity index (χ3v) is 7.19. The van der Waals surface area contributed by atoms with Crippen LogP contribution >= 0.6 is 11.6 Å². The van der Waals surface area contributed by atoms with Crippen LogP contribution in [0.5, 0.6) is 5.75 Å². The molecule has 0 radical (unpaired) electrons. The molecule has 1 unspecified atom stereocenters. The molecule has 4 N–H and O–H groups in total. The molecule has 0 bridgehead atoms. The summed E-state index contributed by atoms with van der Waals surface area (Å²) in [4.78, 5) is 0. The summed E-state index contributed by atoms with van der Waals surface area (Å²) in [6, 6.07) is 13.2. The number of hydrogen-bond donors (Lipinski definition) is 4. The molecule has 1 saturated heterocycles. The third kappa shape index (κ3) is 5.74. The van der Waals surface area contributed by atoms with Gasteiger partial charge in [-0.3, -0.25) is 0 Å². The number of ether oxygens (including phenoxy) is 3. The van der Waals surface area contributed by atoms with E-state index in [1.807, 2.05) is 30.3 Å². The summed E-state index contributed by atoms with van der Waals surface area (Å²) in [6.45, 7) is -0.469. The predicted molar refractivity (Wildman–Crippen MR) is 127 cm³/mol. The number of methoxy groups -OCH3 is 1. The SMILES string of the molecule is CO[C@H]1CCCC(Oc2ccc(Cc3cc([C@@H]4O[C@H](CO)[C@@H](O)[C@H](O)[C@H]4O)ccc3Cl)cc2)C1. The lowest BCUT2D eigenvalue weighted by Crippen LogP contribution is -2.55. The molecule has 1 heterocycles. The first-order chi connectivity index (χ1) is 16.4. The van der Waals surface area contributed by atoms with Crippen LogP contribution in [0.15, 0.2) is 42.5 Å². The highest BCUT2D eigenvalue weighted by atomic mass is 35.5. The van der Waals surface area contributed by atoms with Crippen molar-refractivity contribution < 1.29 is 34.6 Å². The summed E-state index contributed by atoms with van der Waals surface area (Å²) in [7, 11) is 1.75. The summed E-state index contributed by atoms with van der Waals surface area (Å²) >= 11 is 6.45. The monoisotopic (exact) mass is 492 g/mol. The van der Waals surface area contributed by atoms with Crippen LogP contribution in [0.3, 0.4) is 0 Å². The van der Waals surface area contributed by atoms with Crippen molar-refractivity contribution in [2.24, 2.45) is 0 Å². The molecule has 0 amide bonds. The Kier molecular flexibility index (Phi) is 8.47. The maximum absolute atomic E-state index is 10.5. The van der Waals surface area contributed by atoms with Crippen LogP contribution in [-0.4, -0.2) is 70.8 Å². The van der Waals surface area contributed by atoms with Crippen LogP contribution in [0.2, 0.25) is 5.02 Å². The number of halogens is 1. The third-order valence-electron chi connectivity index (χ3n) is 6.82. The molecule has 8 heteroatoms. The van der Waals surface area contributed by atoms with Gasteiger partial charge in [-0.1, -0.05) is 35.9 Å². The van der Waals surface area contributed by atoms with E-state index in [1.165, 1.54) is 0 Å². The van der Waals surface area contributed by atoms with Crippen LogP contribution in [0, 0.1) is 0 Å². The second-order valence-electron chi connectivity index (χ2n) is 9.19. The summed E-state index contributed by atoms with van der Waals surface area (Å²) in [6.07, 6.45) is -0.912. The number of hydrogen-bond acceptors (Lipinski definition) is 7. The first-order valence-electron chi connectivity index (χ1n) is 11.8. The van der Waals surface area contributed by atoms with E-state index in [0.29, 0.717) is 17.0 Å². The van der Waals surface area contributed by atoms with Gasteiger partial charge in [0.15, 0.2) is 0 Å². The van der Waals surface area contributed by atoms with Gasteiger partial charge in [0, 0.05) is 18.6 Å². The Morgan fingerprint density at radius 2 is 1.71 bits per heavy atom. The first-order valence-corrected chi connectivity index (χ1v) is 12.1. The second-order valence-corrected chi connectivity index (χ2v) is 9.59. The highest BCUT2D eigenvalue weighted by Crippen LogP contribution is 2.34. The van der Waals surface area contributed by atoms with Crippen molar-refractivity contribution in [3.8, 4) is 5.75 Å². The zero-order valence-corrected chi connectivity index (χ0v) is 20.0. The summed E-state index contributed by atoms with van der Waals surface area (Å²) in [5.41, 5.74) is 2.49. The van der Waals surface area contributed by atoms with Gasteiger partial charge >= 0.3 is 0 Å². The van der Waals surface area contributed by atoms with Crippen molar-refractivity contribution in [2.75, 3.05) is 13.7 Å². The Bertz CT molecular complexity index is 935. The zero-order valence-electron chi connectivity index (χ0n) is 19.2. The molecule has 186 valence electrons. The van der Waals surface area contributed by atoms with E-state index < -0.39 is 37.1 Å². The minimum Gasteiger partial charge on any atom is -0.490 e. The fourth-order valence-corrected chi connectivity index (χ4v) is 4.99. The van der Waals surface area contributed by atoms with Crippen LogP contribution in [0.25, 0.3) is 0 Å². The summed E-state index contributed by atoms with van der Waals surface area (Å²) in [5, 5.41) is 40.6. The van der Waals surface area contributed by atoms with E-state index in [9.17, 15) is 20.4 Å². The van der Waals surface area contributed by atoms with Crippen molar-refractivity contribution >= 4 is 11.6 Å². The Morgan fingerprint density at radius 1 is 0.971 bits per heavy atom. The van der Waals surface area contributed by atoms with E-state index in [-0.39, 0.29) is 12.2 Å². The quantitative estimate of drug-likeness (QED) is 0.470. The Hall–Kier alpha value is -1.71. The van der Waals surface area contributed by atoms with Crippen molar-refractivity contribution in [1.29, 1.82) is 0 Å². The topological polar surface area (TPSA) is 109 Å². The van der Waals surface area contributed by atoms with Crippen LogP contribution in [-0.2, 0) is 15.9 Å². The fourth-order valence-electron chi connectivity index (χ4n) is 4.81. The molecule has 1 aliphatic heterocycles. The highest BCUT2D eigenvalue weighted by molar-refractivity contribution is 6.31. The molecule has 7 nitrogen and oxygen atoms in total. The summed E-state index contributed by atoms with van der Waals surface area (Å²) in [5.74, 6) is 0.826. The molecule has 2 fully saturated rings. The maximum atomic E-state index is 10.5. The van der Waals surface area contributed by atoms with Crippen molar-refractivity contribution in [3.05, 3.63) is 64.2 Å². The normalized spacial score (nSPS) is 31.9. The van der Waals surface area contributed by atoms with Gasteiger partial charge in [-0.2, -0.15) is 0 Å². The minimum absolute atomic E-state index is 0.161. The Morgan fingerprint density at radius 3 is 2.41 bits per heavy atom. The van der Waals surface area contributed by atoms with Gasteiger partial charge in [-0.25, -0.2) is 0 Å². The van der Waals surface area contributed by atoms with Gasteiger partial charge in [-0.15, -0.1) is 0 Å². The van der Waals surface area contributed by atoms with E-state index in [2.05, 4.69) is 0 Å². The Labute approximate surface area is 204 Å². The number of aliphatic hydroxyl groups is 4. The molecule has 34 heavy (non-hydrogen) atoms. The fraction of sp³-hybridized carbons (Fsp3) is 0.538. The second kappa shape index (κ2) is 11.4. The molecule has 1 aliphatic carbocycles. The molecule has 4 rings (SSSR count). The average molecular weight is 493 g/mol. The smallest absolute Gasteiger partial charge is 0.119 e. The van der Waals surface area contributed by atoms with Crippen LogP contribution in [0.4, 0.5) is 0 Å². The number of rotatable bonds is 7. The van der Waals surface area contributed by atoms with Gasteiger partial charge < -0.3 is 34.6 Å². The van der Waals surface area contributed by atoms with E-state index >= 15 is 0 Å². The van der Waals surface area contributed by atoms with E-state index in [1.54, 1.807) is 19.2 Å². The van der Waals surface area contributed by atoms with Crippen LogP contribution < -0.4 is 4.74 Å². The number of benzene rings is 2. The molecule has 7 atom stereocenters. The molecule has 1 saturated carbocycles. The maximum Gasteiger partial charge on any atom is 0.119 e. The molecule has 0 aromatic heterocycles. The first kappa shape index (κ1) is 25.4. The lowest BCUT2D eigenvalue weighted by Gasteiger charge is -2.40. The largest absolute Gasteiger partial charge is 0.490 e. The molecule has 2 aromatic rings. The summed E-state index contributed by atoms with van der Waals surface area (Å²) < 4.78 is 17.3. The van der Waals surface area contributed by atoms with Gasteiger partial charge in [-0.05, 0) is 60.6 Å². The lowest BCUT2D eigenvalue weighted by atomic mass is 9.90. The predicted octanol–water partition coefficient (Wildman–Crippen LogP) is 2.78. The van der Waals surface area contributed by atoms with E-state index in [0.717, 1.165) is 42.6 Å². The highest BCUT2D eigenvalue weighted by Gasteiger charge is 2.44. The van der Waals surface area contributed by atoms with Gasteiger partial charge in [0.25, 0.3) is 0 Å². The van der Waals surface area contributed by atoms with Crippen molar-refractivity contribution in [3.63, 3.8) is 0 Å². The van der Waals surface area contributed by atoms with Gasteiger partial charge in [0.1, 0.15) is 42.4 Å². The number of aliphatic hydroxyl groups excluding tert-OH is 4. The minimum atomic E-state index is -1.43. The molecule has 2 aromatic carbocycles.